The summed E-state index contributed by atoms with van der Waals surface area (Å²) in [6.45, 7) is 2.50. The van der Waals surface area contributed by atoms with E-state index in [2.05, 4.69) is 0 Å². The molecule has 3 nitrogen and oxygen atoms in total. The fraction of sp³-hybridized carbons (Fsp3) is 0.400. The van der Waals surface area contributed by atoms with Gasteiger partial charge < -0.3 is 15.2 Å². The average Bonchev–Trinajstić information content (AvgIpc) is 2.23. The summed E-state index contributed by atoms with van der Waals surface area (Å²) in [6, 6.07) is 1.11. The molecule has 1 aliphatic heterocycles. The zero-order valence-corrected chi connectivity index (χ0v) is 8.97. The van der Waals surface area contributed by atoms with Crippen LogP contribution in [0.1, 0.15) is 18.5 Å². The number of halogens is 2. The summed E-state index contributed by atoms with van der Waals surface area (Å²) in [6.07, 6.45) is 0. The molecule has 1 aromatic rings. The van der Waals surface area contributed by atoms with Crippen LogP contribution < -0.4 is 15.2 Å². The first-order chi connectivity index (χ1) is 7.11. The number of ether oxygens (including phenoxy) is 2. The molecule has 82 valence electrons. The molecule has 1 aromatic carbocycles. The molecule has 5 heteroatoms. The quantitative estimate of drug-likeness (QED) is 0.807. The Morgan fingerprint density at radius 3 is 2.80 bits per heavy atom. The first-order valence-electron chi connectivity index (χ1n) is 4.64. The van der Waals surface area contributed by atoms with E-state index >= 15 is 0 Å². The highest BCUT2D eigenvalue weighted by Crippen LogP contribution is 2.41. The van der Waals surface area contributed by atoms with Crippen LogP contribution in [0.3, 0.4) is 0 Å². The van der Waals surface area contributed by atoms with Gasteiger partial charge in [-0.05, 0) is 13.0 Å². The molecule has 0 saturated heterocycles. The van der Waals surface area contributed by atoms with Crippen molar-refractivity contribution in [2.75, 3.05) is 13.2 Å². The SMILES string of the molecule is CC(N)c1cc2c(c(Cl)c1F)OCCO2. The van der Waals surface area contributed by atoms with Gasteiger partial charge in [0, 0.05) is 11.6 Å². The lowest BCUT2D eigenvalue weighted by atomic mass is 10.1. The minimum atomic E-state index is -0.532. The summed E-state index contributed by atoms with van der Waals surface area (Å²) in [5, 5.41) is -0.0560. The van der Waals surface area contributed by atoms with Crippen LogP contribution in [-0.2, 0) is 0 Å². The zero-order chi connectivity index (χ0) is 11.0. The Bertz CT molecular complexity index is 395. The minimum Gasteiger partial charge on any atom is -0.486 e. The van der Waals surface area contributed by atoms with Crippen LogP contribution in [0.15, 0.2) is 6.07 Å². The number of rotatable bonds is 1. The van der Waals surface area contributed by atoms with Gasteiger partial charge in [0.25, 0.3) is 0 Å². The van der Waals surface area contributed by atoms with Crippen molar-refractivity contribution in [3.63, 3.8) is 0 Å². The normalized spacial score (nSPS) is 16.3. The third-order valence-electron chi connectivity index (χ3n) is 2.23. The number of hydrogen-bond donors (Lipinski definition) is 1. The lowest BCUT2D eigenvalue weighted by molar-refractivity contribution is 0.170. The molecule has 2 rings (SSSR count). The van der Waals surface area contributed by atoms with E-state index in [0.29, 0.717) is 24.5 Å². The van der Waals surface area contributed by atoms with Crippen LogP contribution >= 0.6 is 11.6 Å². The third kappa shape index (κ3) is 1.75. The second-order valence-corrected chi connectivity index (χ2v) is 3.78. The smallest absolute Gasteiger partial charge is 0.182 e. The van der Waals surface area contributed by atoms with Crippen molar-refractivity contribution in [1.82, 2.24) is 0 Å². The Balaban J connectivity index is 2.57. The summed E-state index contributed by atoms with van der Waals surface area (Å²) in [5.41, 5.74) is 5.96. The summed E-state index contributed by atoms with van der Waals surface area (Å²) in [5.74, 6) is 0.195. The predicted molar refractivity (Wildman–Crippen MR) is 55.0 cm³/mol. The fourth-order valence-corrected chi connectivity index (χ4v) is 1.73. The average molecular weight is 232 g/mol. The van der Waals surface area contributed by atoms with Gasteiger partial charge in [-0.3, -0.25) is 0 Å². The van der Waals surface area contributed by atoms with Crippen molar-refractivity contribution in [2.24, 2.45) is 5.73 Å². The monoisotopic (exact) mass is 231 g/mol. The van der Waals surface area contributed by atoms with Gasteiger partial charge in [0.2, 0.25) is 0 Å². The molecule has 1 atom stereocenters. The van der Waals surface area contributed by atoms with Gasteiger partial charge in [-0.1, -0.05) is 11.6 Å². The standard InChI is InChI=1S/C10H11ClFNO2/c1-5(13)6-4-7-10(8(11)9(6)12)15-3-2-14-7/h4-5H,2-3,13H2,1H3. The van der Waals surface area contributed by atoms with Crippen LogP contribution in [-0.4, -0.2) is 13.2 Å². The molecule has 0 spiro atoms. The number of hydrogen-bond acceptors (Lipinski definition) is 3. The molecule has 1 unspecified atom stereocenters. The third-order valence-corrected chi connectivity index (χ3v) is 2.57. The van der Waals surface area contributed by atoms with Gasteiger partial charge in [-0.15, -0.1) is 0 Å². The number of benzene rings is 1. The van der Waals surface area contributed by atoms with E-state index in [1.54, 1.807) is 13.0 Å². The molecular weight excluding hydrogens is 221 g/mol. The maximum absolute atomic E-state index is 13.7. The molecule has 0 aliphatic carbocycles. The molecule has 0 radical (unpaired) electrons. The Morgan fingerprint density at radius 2 is 2.13 bits per heavy atom. The van der Waals surface area contributed by atoms with Crippen LogP contribution in [0.4, 0.5) is 4.39 Å². The summed E-state index contributed by atoms with van der Waals surface area (Å²) >= 11 is 5.82. The van der Waals surface area contributed by atoms with Crippen LogP contribution in [0.5, 0.6) is 11.5 Å². The van der Waals surface area contributed by atoms with E-state index in [1.165, 1.54) is 0 Å². The van der Waals surface area contributed by atoms with E-state index in [4.69, 9.17) is 26.8 Å². The van der Waals surface area contributed by atoms with Crippen LogP contribution in [0.2, 0.25) is 5.02 Å². The van der Waals surface area contributed by atoms with E-state index in [-0.39, 0.29) is 10.8 Å². The number of fused-ring (bicyclic) bond motifs is 1. The Kier molecular flexibility index (Phi) is 2.71. The first kappa shape index (κ1) is 10.5. The highest BCUT2D eigenvalue weighted by Gasteiger charge is 2.23. The van der Waals surface area contributed by atoms with E-state index in [0.717, 1.165) is 0 Å². The zero-order valence-electron chi connectivity index (χ0n) is 8.22. The molecule has 0 amide bonds. The largest absolute Gasteiger partial charge is 0.486 e. The van der Waals surface area contributed by atoms with Crippen molar-refractivity contribution in [3.05, 3.63) is 22.5 Å². The van der Waals surface area contributed by atoms with Gasteiger partial charge in [-0.25, -0.2) is 4.39 Å². The van der Waals surface area contributed by atoms with Gasteiger partial charge in [0.1, 0.15) is 18.2 Å². The molecular formula is C10H11ClFNO2. The van der Waals surface area contributed by atoms with Crippen molar-refractivity contribution < 1.29 is 13.9 Å². The van der Waals surface area contributed by atoms with Crippen molar-refractivity contribution in [3.8, 4) is 11.5 Å². The lowest BCUT2D eigenvalue weighted by Gasteiger charge is -2.21. The van der Waals surface area contributed by atoms with Crippen molar-refractivity contribution in [1.29, 1.82) is 0 Å². The van der Waals surface area contributed by atoms with E-state index < -0.39 is 11.9 Å². The number of nitrogens with two attached hydrogens (primary N) is 1. The Morgan fingerprint density at radius 1 is 1.47 bits per heavy atom. The highest BCUT2D eigenvalue weighted by molar-refractivity contribution is 6.32. The molecule has 1 aliphatic rings. The van der Waals surface area contributed by atoms with E-state index in [9.17, 15) is 4.39 Å². The molecule has 0 saturated carbocycles. The maximum Gasteiger partial charge on any atom is 0.182 e. The molecule has 0 fully saturated rings. The second kappa shape index (κ2) is 3.87. The molecule has 0 aromatic heterocycles. The van der Waals surface area contributed by atoms with Crippen molar-refractivity contribution >= 4 is 11.6 Å². The van der Waals surface area contributed by atoms with Gasteiger partial charge >= 0.3 is 0 Å². The summed E-state index contributed by atoms with van der Waals surface area (Å²) in [4.78, 5) is 0. The molecule has 1 heterocycles. The molecule has 15 heavy (non-hydrogen) atoms. The lowest BCUT2D eigenvalue weighted by Crippen LogP contribution is -2.17. The van der Waals surface area contributed by atoms with Crippen LogP contribution in [0, 0.1) is 5.82 Å². The summed E-state index contributed by atoms with van der Waals surface area (Å²) < 4.78 is 24.2. The van der Waals surface area contributed by atoms with Crippen LogP contribution in [0.25, 0.3) is 0 Å². The Hall–Kier alpha value is -1.00. The topological polar surface area (TPSA) is 44.5 Å². The highest BCUT2D eigenvalue weighted by atomic mass is 35.5. The van der Waals surface area contributed by atoms with Crippen molar-refractivity contribution in [2.45, 2.75) is 13.0 Å². The maximum atomic E-state index is 13.7. The summed E-state index contributed by atoms with van der Waals surface area (Å²) in [7, 11) is 0. The molecule has 2 N–H and O–H groups in total. The van der Waals surface area contributed by atoms with Gasteiger partial charge in [-0.2, -0.15) is 0 Å². The Labute approximate surface area is 91.9 Å². The van der Waals surface area contributed by atoms with E-state index in [1.807, 2.05) is 0 Å². The first-order valence-corrected chi connectivity index (χ1v) is 5.02. The molecule has 0 bridgehead atoms. The second-order valence-electron chi connectivity index (χ2n) is 3.41. The predicted octanol–water partition coefficient (Wildman–Crippen LogP) is 2.27. The van der Waals surface area contributed by atoms with Gasteiger partial charge in [0.15, 0.2) is 17.3 Å². The fourth-order valence-electron chi connectivity index (χ4n) is 1.47. The minimum absolute atomic E-state index is 0.0560. The van der Waals surface area contributed by atoms with Gasteiger partial charge in [0.05, 0.1) is 0 Å².